The smallest absolute Gasteiger partial charge is 0.220 e. The molecule has 1 fully saturated rings. The molecule has 4 rings (SSSR count). The molecule has 0 spiro atoms. The van der Waals surface area contributed by atoms with Gasteiger partial charge in [-0.1, -0.05) is 37.3 Å². The highest BCUT2D eigenvalue weighted by molar-refractivity contribution is 5.74. The molecule has 2 aliphatic heterocycles. The lowest BCUT2D eigenvalue weighted by atomic mass is 9.97. The van der Waals surface area contributed by atoms with E-state index in [9.17, 15) is 4.79 Å². The molecule has 1 saturated heterocycles. The molecule has 0 saturated carbocycles. The lowest BCUT2D eigenvalue weighted by Crippen LogP contribution is -2.34. The van der Waals surface area contributed by atoms with Crippen molar-refractivity contribution in [2.24, 2.45) is 0 Å². The zero-order valence-electron chi connectivity index (χ0n) is 17.0. The average Bonchev–Trinajstić information content (AvgIpc) is 3.22. The van der Waals surface area contributed by atoms with Gasteiger partial charge in [-0.2, -0.15) is 0 Å². The number of likely N-dealkylation sites (tertiary alicyclic amines) is 1. The Morgan fingerprint density at radius 2 is 2.07 bits per heavy atom. The molecule has 0 aliphatic carbocycles. The lowest BCUT2D eigenvalue weighted by Gasteiger charge is -2.30. The number of carbonyl (C=O) groups excluding carboxylic acids is 1. The van der Waals surface area contributed by atoms with Crippen LogP contribution in [0.2, 0.25) is 0 Å². The minimum absolute atomic E-state index is 0.0625. The molecule has 1 aromatic heterocycles. The molecule has 1 aromatic carbocycles. The molecule has 0 N–H and O–H groups in total. The number of aromatic nitrogens is 2. The van der Waals surface area contributed by atoms with Crippen LogP contribution in [0.1, 0.15) is 67.7 Å². The first-order valence-corrected chi connectivity index (χ1v) is 10.5. The van der Waals surface area contributed by atoms with E-state index in [1.807, 2.05) is 11.1 Å². The van der Waals surface area contributed by atoms with E-state index in [1.54, 1.807) is 6.92 Å². The molecule has 3 heterocycles. The third-order valence-corrected chi connectivity index (χ3v) is 6.23. The van der Waals surface area contributed by atoms with E-state index in [0.717, 1.165) is 57.7 Å². The molecular weight excluding hydrogens is 348 g/mol. The van der Waals surface area contributed by atoms with Crippen LogP contribution in [0.5, 0.6) is 0 Å². The van der Waals surface area contributed by atoms with Crippen molar-refractivity contribution >= 4 is 5.91 Å². The Balaban J connectivity index is 1.37. The molecule has 2 aromatic rings. The van der Waals surface area contributed by atoms with Crippen molar-refractivity contribution in [1.82, 2.24) is 19.8 Å². The van der Waals surface area contributed by atoms with Gasteiger partial charge in [0.25, 0.3) is 0 Å². The van der Waals surface area contributed by atoms with Crippen LogP contribution >= 0.6 is 0 Å². The minimum Gasteiger partial charge on any atom is -0.333 e. The Hall–Kier alpha value is -2.27. The van der Waals surface area contributed by atoms with E-state index < -0.39 is 0 Å². The SMILES string of the molecule is CC(=O)N1CCC[C@@H]1c1ncc2c(n1)CCN(CC[C@@H](C)c1ccccc1)C2. The standard InChI is InChI=1S/C23H30N4O/c1-17(19-7-4-3-5-8-19)10-13-26-14-11-21-20(16-26)15-24-23(25-21)22-9-6-12-27(22)18(2)28/h3-5,7-8,15,17,22H,6,9-14,16H2,1-2H3/t17-,22-/m1/s1. The monoisotopic (exact) mass is 378 g/mol. The highest BCUT2D eigenvalue weighted by Gasteiger charge is 2.31. The number of amides is 1. The molecule has 28 heavy (non-hydrogen) atoms. The van der Waals surface area contributed by atoms with Crippen LogP contribution in [0, 0.1) is 0 Å². The number of rotatable bonds is 5. The molecule has 5 heteroatoms. The minimum atomic E-state index is 0.0625. The summed E-state index contributed by atoms with van der Waals surface area (Å²) in [6.07, 6.45) is 6.15. The highest BCUT2D eigenvalue weighted by atomic mass is 16.2. The van der Waals surface area contributed by atoms with Gasteiger partial charge < -0.3 is 4.90 Å². The van der Waals surface area contributed by atoms with E-state index in [2.05, 4.69) is 47.1 Å². The summed E-state index contributed by atoms with van der Waals surface area (Å²) in [4.78, 5) is 25.8. The first-order valence-electron chi connectivity index (χ1n) is 10.5. The maximum Gasteiger partial charge on any atom is 0.220 e. The lowest BCUT2D eigenvalue weighted by molar-refractivity contribution is -0.129. The van der Waals surface area contributed by atoms with Crippen LogP contribution in [0.4, 0.5) is 0 Å². The molecule has 148 valence electrons. The molecule has 0 unspecified atom stereocenters. The predicted octanol–water partition coefficient (Wildman–Crippen LogP) is 3.71. The van der Waals surface area contributed by atoms with E-state index in [4.69, 9.17) is 4.98 Å². The van der Waals surface area contributed by atoms with Gasteiger partial charge >= 0.3 is 0 Å². The van der Waals surface area contributed by atoms with Gasteiger partial charge in [-0.3, -0.25) is 9.69 Å². The first-order chi connectivity index (χ1) is 13.6. The van der Waals surface area contributed by atoms with Gasteiger partial charge in [0.05, 0.1) is 6.04 Å². The van der Waals surface area contributed by atoms with Crippen LogP contribution in [0.25, 0.3) is 0 Å². The van der Waals surface area contributed by atoms with Gasteiger partial charge in [0.2, 0.25) is 5.91 Å². The number of hydrogen-bond acceptors (Lipinski definition) is 4. The number of benzene rings is 1. The fraction of sp³-hybridized carbons (Fsp3) is 0.522. The Morgan fingerprint density at radius 3 is 2.86 bits per heavy atom. The third kappa shape index (κ3) is 4.09. The number of fused-ring (bicyclic) bond motifs is 1. The predicted molar refractivity (Wildman–Crippen MR) is 110 cm³/mol. The summed E-state index contributed by atoms with van der Waals surface area (Å²) in [5.74, 6) is 1.53. The molecule has 0 radical (unpaired) electrons. The second-order valence-corrected chi connectivity index (χ2v) is 8.20. The van der Waals surface area contributed by atoms with Crippen molar-refractivity contribution < 1.29 is 4.79 Å². The van der Waals surface area contributed by atoms with Gasteiger partial charge in [0, 0.05) is 50.4 Å². The topological polar surface area (TPSA) is 49.3 Å². The van der Waals surface area contributed by atoms with Crippen LogP contribution in [0.15, 0.2) is 36.5 Å². The number of carbonyl (C=O) groups is 1. The second kappa shape index (κ2) is 8.39. The van der Waals surface area contributed by atoms with E-state index in [0.29, 0.717) is 5.92 Å². The molecular formula is C23H30N4O. The van der Waals surface area contributed by atoms with Crippen molar-refractivity contribution in [2.45, 2.75) is 58.0 Å². The highest BCUT2D eigenvalue weighted by Crippen LogP contribution is 2.31. The summed E-state index contributed by atoms with van der Waals surface area (Å²) in [6, 6.07) is 10.8. The first kappa shape index (κ1) is 19.1. The van der Waals surface area contributed by atoms with Crippen LogP contribution in [0.3, 0.4) is 0 Å². The van der Waals surface area contributed by atoms with Crippen molar-refractivity contribution in [3.05, 3.63) is 59.2 Å². The number of hydrogen-bond donors (Lipinski definition) is 0. The third-order valence-electron chi connectivity index (χ3n) is 6.23. The Labute approximate surface area is 167 Å². The summed E-state index contributed by atoms with van der Waals surface area (Å²) >= 11 is 0. The largest absolute Gasteiger partial charge is 0.333 e. The normalized spacial score (nSPS) is 20.8. The fourth-order valence-corrected chi connectivity index (χ4v) is 4.48. The fourth-order valence-electron chi connectivity index (χ4n) is 4.48. The van der Waals surface area contributed by atoms with Crippen LogP contribution < -0.4 is 0 Å². The van der Waals surface area contributed by atoms with Crippen molar-refractivity contribution in [3.63, 3.8) is 0 Å². The van der Waals surface area contributed by atoms with Crippen molar-refractivity contribution in [2.75, 3.05) is 19.6 Å². The van der Waals surface area contributed by atoms with Crippen molar-refractivity contribution in [1.29, 1.82) is 0 Å². The van der Waals surface area contributed by atoms with E-state index >= 15 is 0 Å². The van der Waals surface area contributed by atoms with Gasteiger partial charge in [0.15, 0.2) is 5.82 Å². The summed E-state index contributed by atoms with van der Waals surface area (Å²) < 4.78 is 0. The second-order valence-electron chi connectivity index (χ2n) is 8.20. The van der Waals surface area contributed by atoms with Gasteiger partial charge in [-0.25, -0.2) is 9.97 Å². The Morgan fingerprint density at radius 1 is 1.25 bits per heavy atom. The zero-order valence-corrected chi connectivity index (χ0v) is 17.0. The summed E-state index contributed by atoms with van der Waals surface area (Å²) in [5.41, 5.74) is 3.84. The summed E-state index contributed by atoms with van der Waals surface area (Å²) in [7, 11) is 0. The van der Waals surface area contributed by atoms with Gasteiger partial charge in [-0.15, -0.1) is 0 Å². The van der Waals surface area contributed by atoms with E-state index in [-0.39, 0.29) is 11.9 Å². The zero-order chi connectivity index (χ0) is 19.5. The maximum absolute atomic E-state index is 11.9. The quantitative estimate of drug-likeness (QED) is 0.796. The van der Waals surface area contributed by atoms with Gasteiger partial charge in [-0.05, 0) is 37.3 Å². The van der Waals surface area contributed by atoms with Crippen LogP contribution in [-0.4, -0.2) is 45.3 Å². The van der Waals surface area contributed by atoms with Crippen molar-refractivity contribution in [3.8, 4) is 0 Å². The van der Waals surface area contributed by atoms with E-state index in [1.165, 1.54) is 16.8 Å². The molecule has 2 aliphatic rings. The van der Waals surface area contributed by atoms with Crippen LogP contribution in [-0.2, 0) is 17.8 Å². The molecule has 2 atom stereocenters. The average molecular weight is 379 g/mol. The summed E-state index contributed by atoms with van der Waals surface area (Å²) in [6.45, 7) is 7.85. The molecule has 0 bridgehead atoms. The Kier molecular flexibility index (Phi) is 5.72. The van der Waals surface area contributed by atoms with Gasteiger partial charge in [0.1, 0.15) is 0 Å². The molecule has 5 nitrogen and oxygen atoms in total. The summed E-state index contributed by atoms with van der Waals surface area (Å²) in [5, 5.41) is 0. The maximum atomic E-state index is 11.9. The Bertz CT molecular complexity index is 823. The molecule has 1 amide bonds. The number of nitrogens with zero attached hydrogens (tertiary/aromatic N) is 4.